The largest absolute Gasteiger partial charge is 0.370 e. The van der Waals surface area contributed by atoms with Crippen molar-refractivity contribution in [2.75, 3.05) is 23.7 Å². The van der Waals surface area contributed by atoms with Gasteiger partial charge in [-0.15, -0.1) is 0 Å². The normalized spacial score (nSPS) is 10.8. The van der Waals surface area contributed by atoms with Gasteiger partial charge in [-0.25, -0.2) is 4.98 Å². The molecule has 0 aliphatic heterocycles. The van der Waals surface area contributed by atoms with Crippen LogP contribution in [0.1, 0.15) is 32.2 Å². The lowest BCUT2D eigenvalue weighted by Gasteiger charge is -2.08. The van der Waals surface area contributed by atoms with E-state index in [0.717, 1.165) is 53.7 Å². The average molecular weight is 352 g/mol. The molecule has 136 valence electrons. The van der Waals surface area contributed by atoms with Gasteiger partial charge in [0, 0.05) is 35.6 Å². The van der Waals surface area contributed by atoms with Gasteiger partial charge in [0.15, 0.2) is 0 Å². The molecule has 3 aromatic rings. The summed E-state index contributed by atoms with van der Waals surface area (Å²) in [6.07, 6.45) is 0.863. The summed E-state index contributed by atoms with van der Waals surface area (Å²) in [5, 5.41) is 10.6. The van der Waals surface area contributed by atoms with Gasteiger partial charge in [-0.05, 0) is 51.5 Å². The van der Waals surface area contributed by atoms with Crippen molar-refractivity contribution in [2.24, 2.45) is 0 Å². The number of anilines is 2. The molecule has 0 bridgehead atoms. The molecular weight excluding hydrogens is 328 g/mol. The fraction of sp³-hybridized carbons (Fsp3) is 0.368. The highest BCUT2D eigenvalue weighted by atomic mass is 16.5. The van der Waals surface area contributed by atoms with Crippen LogP contribution in [-0.4, -0.2) is 33.2 Å². The minimum Gasteiger partial charge on any atom is -0.370 e. The predicted octanol–water partition coefficient (Wildman–Crippen LogP) is 3.93. The molecule has 0 unspecified atom stereocenters. The predicted molar refractivity (Wildman–Crippen MR) is 103 cm³/mol. The highest BCUT2D eigenvalue weighted by Crippen LogP contribution is 2.26. The van der Waals surface area contributed by atoms with Gasteiger partial charge >= 0.3 is 0 Å². The fourth-order valence-corrected chi connectivity index (χ4v) is 2.70. The molecular formula is C19H24N6O. The van der Waals surface area contributed by atoms with Gasteiger partial charge < -0.3 is 15.2 Å². The summed E-state index contributed by atoms with van der Waals surface area (Å²) in [5.41, 5.74) is 3.70. The number of aromatic nitrogens is 4. The van der Waals surface area contributed by atoms with E-state index in [-0.39, 0.29) is 0 Å². The van der Waals surface area contributed by atoms with Crippen LogP contribution in [0.25, 0.3) is 22.8 Å². The van der Waals surface area contributed by atoms with Crippen molar-refractivity contribution in [2.45, 2.75) is 34.1 Å². The Hall–Kier alpha value is -2.96. The Morgan fingerprint density at radius 3 is 2.15 bits per heavy atom. The van der Waals surface area contributed by atoms with Gasteiger partial charge in [-0.3, -0.25) is 4.98 Å². The lowest BCUT2D eigenvalue weighted by Crippen LogP contribution is -2.04. The summed E-state index contributed by atoms with van der Waals surface area (Å²) in [4.78, 5) is 13.6. The second-order valence-corrected chi connectivity index (χ2v) is 5.95. The molecule has 7 nitrogen and oxygen atoms in total. The van der Waals surface area contributed by atoms with E-state index in [1.54, 1.807) is 0 Å². The van der Waals surface area contributed by atoms with Gasteiger partial charge in [0.25, 0.3) is 5.89 Å². The van der Waals surface area contributed by atoms with Crippen molar-refractivity contribution in [1.82, 2.24) is 20.1 Å². The van der Waals surface area contributed by atoms with E-state index < -0.39 is 0 Å². The van der Waals surface area contributed by atoms with Crippen LogP contribution >= 0.6 is 0 Å². The van der Waals surface area contributed by atoms with E-state index >= 15 is 0 Å². The lowest BCUT2D eigenvalue weighted by atomic mass is 10.1. The molecule has 3 aromatic heterocycles. The lowest BCUT2D eigenvalue weighted by molar-refractivity contribution is 0.432. The molecule has 0 fully saturated rings. The quantitative estimate of drug-likeness (QED) is 0.666. The maximum absolute atomic E-state index is 5.52. The molecule has 0 amide bonds. The molecule has 2 N–H and O–H groups in total. The van der Waals surface area contributed by atoms with Crippen LogP contribution < -0.4 is 10.6 Å². The molecule has 0 saturated heterocycles. The average Bonchev–Trinajstić information content (AvgIpc) is 3.12. The van der Waals surface area contributed by atoms with Crippen molar-refractivity contribution in [1.29, 1.82) is 0 Å². The number of pyridine rings is 2. The first-order chi connectivity index (χ1) is 12.6. The van der Waals surface area contributed by atoms with Crippen molar-refractivity contribution in [3.63, 3.8) is 0 Å². The van der Waals surface area contributed by atoms with E-state index in [0.29, 0.717) is 11.7 Å². The fourth-order valence-electron chi connectivity index (χ4n) is 2.70. The van der Waals surface area contributed by atoms with Gasteiger partial charge in [0.05, 0.1) is 0 Å². The zero-order valence-electron chi connectivity index (χ0n) is 15.6. The first-order valence-electron chi connectivity index (χ1n) is 8.94. The third-order valence-electron chi connectivity index (χ3n) is 3.84. The van der Waals surface area contributed by atoms with Crippen LogP contribution in [0.2, 0.25) is 0 Å². The van der Waals surface area contributed by atoms with E-state index in [4.69, 9.17) is 4.52 Å². The summed E-state index contributed by atoms with van der Waals surface area (Å²) in [6.45, 7) is 9.68. The Labute approximate surface area is 153 Å². The SMILES string of the molecule is CCNc1cc(-c2nc(-c3cc(C)nc(CC)c3)no2)cc(NCC)n1. The van der Waals surface area contributed by atoms with Crippen molar-refractivity contribution in [3.05, 3.63) is 35.7 Å². The molecule has 0 spiro atoms. The van der Waals surface area contributed by atoms with Crippen molar-refractivity contribution < 1.29 is 4.52 Å². The second kappa shape index (κ2) is 7.95. The maximum atomic E-state index is 5.52. The topological polar surface area (TPSA) is 88.8 Å². The molecule has 0 aromatic carbocycles. The number of hydrogen-bond acceptors (Lipinski definition) is 7. The van der Waals surface area contributed by atoms with Gasteiger partial charge in [-0.1, -0.05) is 12.1 Å². The monoisotopic (exact) mass is 352 g/mol. The number of aryl methyl sites for hydroxylation is 2. The molecule has 0 radical (unpaired) electrons. The van der Waals surface area contributed by atoms with E-state index in [1.807, 2.05) is 45.0 Å². The van der Waals surface area contributed by atoms with Crippen molar-refractivity contribution >= 4 is 11.6 Å². The van der Waals surface area contributed by atoms with Crippen LogP contribution in [-0.2, 0) is 6.42 Å². The Morgan fingerprint density at radius 1 is 0.846 bits per heavy atom. The number of nitrogens with one attached hydrogen (secondary N) is 2. The van der Waals surface area contributed by atoms with Crippen LogP contribution in [0.15, 0.2) is 28.8 Å². The Kier molecular flexibility index (Phi) is 5.46. The van der Waals surface area contributed by atoms with E-state index in [9.17, 15) is 0 Å². The van der Waals surface area contributed by atoms with Crippen LogP contribution in [0, 0.1) is 6.92 Å². The molecule has 3 rings (SSSR count). The van der Waals surface area contributed by atoms with Gasteiger partial charge in [0.2, 0.25) is 5.82 Å². The molecule has 0 atom stereocenters. The molecule has 3 heterocycles. The zero-order valence-corrected chi connectivity index (χ0v) is 15.6. The molecule has 26 heavy (non-hydrogen) atoms. The highest BCUT2D eigenvalue weighted by Gasteiger charge is 2.14. The maximum Gasteiger partial charge on any atom is 0.258 e. The standard InChI is InChI=1S/C19H24N6O/c1-5-15-9-13(8-12(4)22-15)18-24-19(26-25-18)14-10-16(20-6-2)23-17(11-14)21-7-3/h8-11H,5-7H2,1-4H3,(H2,20,21,23). The molecule has 7 heteroatoms. The third-order valence-corrected chi connectivity index (χ3v) is 3.84. The molecule has 0 saturated carbocycles. The summed E-state index contributed by atoms with van der Waals surface area (Å²) in [5.74, 6) is 2.57. The molecule has 0 aliphatic rings. The smallest absolute Gasteiger partial charge is 0.258 e. The van der Waals surface area contributed by atoms with Gasteiger partial charge in [-0.2, -0.15) is 4.98 Å². The minimum absolute atomic E-state index is 0.466. The highest BCUT2D eigenvalue weighted by molar-refractivity contribution is 5.66. The van der Waals surface area contributed by atoms with Crippen molar-refractivity contribution in [3.8, 4) is 22.8 Å². The van der Waals surface area contributed by atoms with Gasteiger partial charge in [0.1, 0.15) is 11.6 Å². The number of nitrogens with zero attached hydrogens (tertiary/aromatic N) is 4. The first-order valence-corrected chi connectivity index (χ1v) is 8.94. The summed E-state index contributed by atoms with van der Waals surface area (Å²) < 4.78 is 5.52. The zero-order chi connectivity index (χ0) is 18.5. The summed E-state index contributed by atoms with van der Waals surface area (Å²) >= 11 is 0. The minimum atomic E-state index is 0.466. The Balaban J connectivity index is 1.98. The van der Waals surface area contributed by atoms with Crippen LogP contribution in [0.5, 0.6) is 0 Å². The number of hydrogen-bond donors (Lipinski definition) is 2. The summed E-state index contributed by atoms with van der Waals surface area (Å²) in [7, 11) is 0. The first kappa shape index (κ1) is 17.8. The van der Waals surface area contributed by atoms with Crippen LogP contribution in [0.4, 0.5) is 11.6 Å². The second-order valence-electron chi connectivity index (χ2n) is 5.95. The van der Waals surface area contributed by atoms with E-state index in [2.05, 4.69) is 37.7 Å². The Bertz CT molecular complexity index is 865. The Morgan fingerprint density at radius 2 is 1.54 bits per heavy atom. The summed E-state index contributed by atoms with van der Waals surface area (Å²) in [6, 6.07) is 7.80. The van der Waals surface area contributed by atoms with E-state index in [1.165, 1.54) is 0 Å². The molecule has 0 aliphatic carbocycles. The van der Waals surface area contributed by atoms with Crippen LogP contribution in [0.3, 0.4) is 0 Å². The third kappa shape index (κ3) is 3.99. The number of rotatable bonds is 7.